The smallest absolute Gasteiger partial charge is 0.252 e. The van der Waals surface area contributed by atoms with Crippen molar-refractivity contribution >= 4 is 28.4 Å². The van der Waals surface area contributed by atoms with Crippen LogP contribution in [0.25, 0.3) is 11.2 Å². The third kappa shape index (κ3) is 2.82. The average molecular weight is 353 g/mol. The Hall–Kier alpha value is -2.28. The van der Waals surface area contributed by atoms with Gasteiger partial charge < -0.3 is 9.88 Å². The zero-order chi connectivity index (χ0) is 16.8. The predicted molar refractivity (Wildman–Crippen MR) is 96.0 cm³/mol. The quantitative estimate of drug-likeness (QED) is 0.765. The lowest BCUT2D eigenvalue weighted by Gasteiger charge is -2.04. The third-order valence-electron chi connectivity index (χ3n) is 4.88. The minimum atomic E-state index is -0.0977. The monoisotopic (exact) mass is 353 g/mol. The zero-order valence-corrected chi connectivity index (χ0v) is 14.7. The number of carbonyl (C=O) groups excluding carboxylic acids is 1. The number of nitrogens with one attached hydrogen (secondary N) is 1. The summed E-state index contributed by atoms with van der Waals surface area (Å²) < 4.78 is 2.11. The van der Waals surface area contributed by atoms with Crippen molar-refractivity contribution in [2.75, 3.05) is 6.54 Å². The van der Waals surface area contributed by atoms with Crippen LogP contribution in [0.5, 0.6) is 0 Å². The van der Waals surface area contributed by atoms with Crippen LogP contribution in [0, 0.1) is 0 Å². The van der Waals surface area contributed by atoms with Crippen molar-refractivity contribution in [3.63, 3.8) is 0 Å². The minimum absolute atomic E-state index is 0.0977. The fraction of sp³-hybridized carbons (Fsp3) is 0.444. The van der Waals surface area contributed by atoms with Crippen LogP contribution in [0.4, 0.5) is 0 Å². The zero-order valence-electron chi connectivity index (χ0n) is 13.9. The second-order valence-electron chi connectivity index (χ2n) is 6.79. The highest BCUT2D eigenvalue weighted by Gasteiger charge is 2.25. The van der Waals surface area contributed by atoms with Crippen molar-refractivity contribution in [1.82, 2.24) is 24.8 Å². The molecule has 6 nitrogen and oxygen atoms in total. The standard InChI is InChI=1S/C18H19N5OS/c24-18(19-7-6-16-22-13-2-1-3-15(13)25-16)11-8-14-17(20-9-11)23(10-21-14)12-4-5-12/h8-10,12H,1-7H2,(H,19,24). The molecule has 25 heavy (non-hydrogen) atoms. The van der Waals surface area contributed by atoms with Crippen molar-refractivity contribution in [2.24, 2.45) is 0 Å². The van der Waals surface area contributed by atoms with Gasteiger partial charge in [-0.25, -0.2) is 15.0 Å². The van der Waals surface area contributed by atoms with Gasteiger partial charge in [-0.1, -0.05) is 0 Å². The van der Waals surface area contributed by atoms with E-state index >= 15 is 0 Å². The first kappa shape index (κ1) is 15.0. The normalized spacial score (nSPS) is 16.3. The molecule has 1 fully saturated rings. The van der Waals surface area contributed by atoms with Crippen LogP contribution in [0.3, 0.4) is 0 Å². The number of hydrogen-bond acceptors (Lipinski definition) is 5. The van der Waals surface area contributed by atoms with Gasteiger partial charge in [-0.15, -0.1) is 11.3 Å². The molecule has 128 valence electrons. The number of hydrogen-bond donors (Lipinski definition) is 1. The first-order valence-corrected chi connectivity index (χ1v) is 9.68. The van der Waals surface area contributed by atoms with Gasteiger partial charge in [0, 0.05) is 30.1 Å². The number of imidazole rings is 1. The van der Waals surface area contributed by atoms with E-state index in [2.05, 4.69) is 24.8 Å². The summed E-state index contributed by atoms with van der Waals surface area (Å²) in [5.41, 5.74) is 3.50. The Morgan fingerprint density at radius 2 is 2.24 bits per heavy atom. The summed E-state index contributed by atoms with van der Waals surface area (Å²) in [6, 6.07) is 2.37. The summed E-state index contributed by atoms with van der Waals surface area (Å²) in [5, 5.41) is 4.10. The molecule has 0 spiro atoms. The Labute approximate surface area is 149 Å². The highest BCUT2D eigenvalue weighted by atomic mass is 32.1. The number of rotatable bonds is 5. The Balaban J connectivity index is 1.23. The number of aryl methyl sites for hydroxylation is 2. The van der Waals surface area contributed by atoms with Crippen LogP contribution in [0.1, 0.15) is 51.2 Å². The van der Waals surface area contributed by atoms with Crippen LogP contribution in [0.2, 0.25) is 0 Å². The molecule has 0 atom stereocenters. The molecule has 1 N–H and O–H groups in total. The lowest BCUT2D eigenvalue weighted by atomic mass is 10.2. The fourth-order valence-corrected chi connectivity index (χ4v) is 4.56. The van der Waals surface area contributed by atoms with Crippen molar-refractivity contribution in [3.05, 3.63) is 39.7 Å². The molecule has 2 aliphatic rings. The van der Waals surface area contributed by atoms with Crippen molar-refractivity contribution in [1.29, 1.82) is 0 Å². The average Bonchev–Trinajstić information content (AvgIpc) is 3.03. The molecule has 3 heterocycles. The second-order valence-corrected chi connectivity index (χ2v) is 7.95. The first-order chi connectivity index (χ1) is 12.3. The lowest BCUT2D eigenvalue weighted by molar-refractivity contribution is 0.0954. The first-order valence-electron chi connectivity index (χ1n) is 8.86. The van der Waals surface area contributed by atoms with Crippen LogP contribution >= 0.6 is 11.3 Å². The molecule has 0 aliphatic heterocycles. The molecule has 7 heteroatoms. The molecule has 1 saturated carbocycles. The number of fused-ring (bicyclic) bond motifs is 2. The summed E-state index contributed by atoms with van der Waals surface area (Å²) in [7, 11) is 0. The van der Waals surface area contributed by atoms with Gasteiger partial charge in [0.1, 0.15) is 5.52 Å². The van der Waals surface area contributed by atoms with E-state index in [4.69, 9.17) is 0 Å². The molecular weight excluding hydrogens is 334 g/mol. The number of thiazole rings is 1. The highest BCUT2D eigenvalue weighted by molar-refractivity contribution is 7.11. The lowest BCUT2D eigenvalue weighted by Crippen LogP contribution is -2.25. The van der Waals surface area contributed by atoms with E-state index in [0.717, 1.165) is 29.0 Å². The molecule has 1 amide bonds. The van der Waals surface area contributed by atoms with Gasteiger partial charge in [0.05, 0.1) is 22.6 Å². The van der Waals surface area contributed by atoms with E-state index in [0.29, 0.717) is 18.2 Å². The van der Waals surface area contributed by atoms with E-state index in [1.807, 2.05) is 12.4 Å². The number of aromatic nitrogens is 4. The van der Waals surface area contributed by atoms with E-state index in [-0.39, 0.29) is 5.91 Å². The Kier molecular flexibility index (Phi) is 3.55. The van der Waals surface area contributed by atoms with E-state index in [1.165, 1.54) is 36.3 Å². The van der Waals surface area contributed by atoms with Gasteiger partial charge in [-0.3, -0.25) is 4.79 Å². The maximum atomic E-state index is 12.4. The Bertz CT molecular complexity index is 934. The molecule has 0 bridgehead atoms. The molecule has 3 aromatic heterocycles. The molecule has 0 unspecified atom stereocenters. The predicted octanol–water partition coefficient (Wildman–Crippen LogP) is 2.68. The van der Waals surface area contributed by atoms with Gasteiger partial charge >= 0.3 is 0 Å². The second kappa shape index (κ2) is 5.91. The Morgan fingerprint density at radius 3 is 3.08 bits per heavy atom. The molecule has 2 aliphatic carbocycles. The van der Waals surface area contributed by atoms with Crippen molar-refractivity contribution in [3.8, 4) is 0 Å². The van der Waals surface area contributed by atoms with Crippen molar-refractivity contribution in [2.45, 2.75) is 44.6 Å². The van der Waals surface area contributed by atoms with Gasteiger partial charge in [0.2, 0.25) is 0 Å². The Morgan fingerprint density at radius 1 is 1.32 bits per heavy atom. The fourth-order valence-electron chi connectivity index (χ4n) is 3.40. The van der Waals surface area contributed by atoms with Gasteiger partial charge in [0.25, 0.3) is 5.91 Å². The highest BCUT2D eigenvalue weighted by Crippen LogP contribution is 2.36. The van der Waals surface area contributed by atoms with E-state index in [9.17, 15) is 4.79 Å². The van der Waals surface area contributed by atoms with E-state index in [1.54, 1.807) is 17.5 Å². The largest absolute Gasteiger partial charge is 0.352 e. The van der Waals surface area contributed by atoms with E-state index < -0.39 is 0 Å². The SMILES string of the molecule is O=C(NCCc1nc2c(s1)CCC2)c1cnc2c(c1)ncn2C1CC1. The summed E-state index contributed by atoms with van der Waals surface area (Å²) in [4.78, 5) is 27.3. The molecule has 0 saturated heterocycles. The molecule has 3 aromatic rings. The number of carbonyl (C=O) groups is 1. The topological polar surface area (TPSA) is 72.7 Å². The molecule has 0 radical (unpaired) electrons. The summed E-state index contributed by atoms with van der Waals surface area (Å²) in [6.07, 6.45) is 10.2. The maximum Gasteiger partial charge on any atom is 0.252 e. The molecular formula is C18H19N5OS. The van der Waals surface area contributed by atoms with Gasteiger partial charge in [0.15, 0.2) is 5.65 Å². The summed E-state index contributed by atoms with van der Waals surface area (Å²) >= 11 is 1.80. The number of nitrogens with zero attached hydrogens (tertiary/aromatic N) is 4. The van der Waals surface area contributed by atoms with Crippen molar-refractivity contribution < 1.29 is 4.79 Å². The number of amides is 1. The molecule has 5 rings (SSSR count). The minimum Gasteiger partial charge on any atom is -0.352 e. The van der Waals surface area contributed by atoms with Crippen LogP contribution in [-0.2, 0) is 19.3 Å². The van der Waals surface area contributed by atoms with Gasteiger partial charge in [-0.05, 0) is 38.2 Å². The van der Waals surface area contributed by atoms with Gasteiger partial charge in [-0.2, -0.15) is 0 Å². The maximum absolute atomic E-state index is 12.4. The van der Waals surface area contributed by atoms with Crippen LogP contribution < -0.4 is 5.32 Å². The summed E-state index contributed by atoms with van der Waals surface area (Å²) in [5.74, 6) is -0.0977. The van der Waals surface area contributed by atoms with Crippen LogP contribution in [0.15, 0.2) is 18.6 Å². The van der Waals surface area contributed by atoms with Crippen LogP contribution in [-0.4, -0.2) is 32.0 Å². The number of pyridine rings is 1. The molecule has 0 aromatic carbocycles. The summed E-state index contributed by atoms with van der Waals surface area (Å²) in [6.45, 7) is 0.597. The third-order valence-corrected chi connectivity index (χ3v) is 6.10.